The van der Waals surface area contributed by atoms with Gasteiger partial charge in [0.15, 0.2) is 0 Å². The number of nitrogens with zero attached hydrogens (tertiary/aromatic N) is 1. The molecule has 0 saturated carbocycles. The smallest absolute Gasteiger partial charge is 0.296 e. The maximum Gasteiger partial charge on any atom is 0.308 e. The van der Waals surface area contributed by atoms with E-state index in [0.717, 1.165) is 28.0 Å². The summed E-state index contributed by atoms with van der Waals surface area (Å²) in [5.41, 5.74) is 3.23. The predicted octanol–water partition coefficient (Wildman–Crippen LogP) is 4.06. The topological polar surface area (TPSA) is 68.2 Å². The molecule has 25 heavy (non-hydrogen) atoms. The monoisotopic (exact) mass is 376 g/mol. The highest BCUT2D eigenvalue weighted by atomic mass is 32.2. The SMILES string of the molecule is Cc1cccc(NS(=O)(=O)c2ccc3c(c2)sc(=O)n3C(C)C)c1C. The molecule has 0 saturated heterocycles. The van der Waals surface area contributed by atoms with Crippen LogP contribution in [0.5, 0.6) is 0 Å². The number of rotatable bonds is 4. The lowest BCUT2D eigenvalue weighted by molar-refractivity contribution is 0.601. The Bertz CT molecular complexity index is 1110. The summed E-state index contributed by atoms with van der Waals surface area (Å²) in [4.78, 5) is 12.2. The van der Waals surface area contributed by atoms with Crippen molar-refractivity contribution in [2.45, 2.75) is 38.6 Å². The van der Waals surface area contributed by atoms with Crippen molar-refractivity contribution >= 4 is 37.3 Å². The molecule has 0 unspecified atom stereocenters. The van der Waals surface area contributed by atoms with E-state index in [1.165, 1.54) is 0 Å². The third kappa shape index (κ3) is 3.21. The first kappa shape index (κ1) is 17.7. The zero-order chi connectivity index (χ0) is 18.4. The molecule has 0 aliphatic carbocycles. The van der Waals surface area contributed by atoms with Crippen LogP contribution in [0.1, 0.15) is 31.0 Å². The van der Waals surface area contributed by atoms with E-state index < -0.39 is 10.0 Å². The summed E-state index contributed by atoms with van der Waals surface area (Å²) in [6, 6.07) is 10.3. The van der Waals surface area contributed by atoms with E-state index in [4.69, 9.17) is 0 Å². The molecule has 0 bridgehead atoms. The molecule has 3 aromatic rings. The van der Waals surface area contributed by atoms with Gasteiger partial charge in [-0.2, -0.15) is 0 Å². The first-order chi connectivity index (χ1) is 11.7. The predicted molar refractivity (Wildman–Crippen MR) is 103 cm³/mol. The second kappa shape index (κ2) is 6.31. The number of hydrogen-bond donors (Lipinski definition) is 1. The number of benzene rings is 2. The Kier molecular flexibility index (Phi) is 4.47. The molecule has 5 nitrogen and oxygen atoms in total. The lowest BCUT2D eigenvalue weighted by Gasteiger charge is -2.12. The van der Waals surface area contributed by atoms with E-state index in [9.17, 15) is 13.2 Å². The summed E-state index contributed by atoms with van der Waals surface area (Å²) < 4.78 is 30.5. The Morgan fingerprint density at radius 2 is 1.84 bits per heavy atom. The summed E-state index contributed by atoms with van der Waals surface area (Å²) >= 11 is 1.06. The van der Waals surface area contributed by atoms with Crippen molar-refractivity contribution in [1.82, 2.24) is 4.57 Å². The summed E-state index contributed by atoms with van der Waals surface area (Å²) in [6.45, 7) is 7.68. The molecule has 1 aromatic heterocycles. The molecule has 132 valence electrons. The first-order valence-electron chi connectivity index (χ1n) is 7.95. The Morgan fingerprint density at radius 1 is 1.12 bits per heavy atom. The molecular formula is C18H20N2O3S2. The number of fused-ring (bicyclic) bond motifs is 1. The lowest BCUT2D eigenvalue weighted by Crippen LogP contribution is -2.15. The Morgan fingerprint density at radius 3 is 2.52 bits per heavy atom. The van der Waals surface area contributed by atoms with Crippen molar-refractivity contribution in [3.05, 3.63) is 57.2 Å². The summed E-state index contributed by atoms with van der Waals surface area (Å²) in [5, 5.41) is 0. The van der Waals surface area contributed by atoms with Crippen molar-refractivity contribution in [3.63, 3.8) is 0 Å². The highest BCUT2D eigenvalue weighted by molar-refractivity contribution is 7.92. The molecule has 1 heterocycles. The van der Waals surface area contributed by atoms with E-state index >= 15 is 0 Å². The molecule has 0 spiro atoms. The van der Waals surface area contributed by atoms with Crippen LogP contribution in [0.4, 0.5) is 5.69 Å². The van der Waals surface area contributed by atoms with Crippen LogP contribution in [0.3, 0.4) is 0 Å². The summed E-state index contributed by atoms with van der Waals surface area (Å²) in [6.07, 6.45) is 0. The van der Waals surface area contributed by atoms with Gasteiger partial charge in [-0.1, -0.05) is 23.5 Å². The van der Waals surface area contributed by atoms with Gasteiger partial charge < -0.3 is 0 Å². The van der Waals surface area contributed by atoms with E-state index in [2.05, 4.69) is 4.72 Å². The van der Waals surface area contributed by atoms with Crippen LogP contribution in [-0.4, -0.2) is 13.0 Å². The van der Waals surface area contributed by atoms with Crippen LogP contribution in [0.25, 0.3) is 10.2 Å². The third-order valence-corrected chi connectivity index (χ3v) is 6.54. The van der Waals surface area contributed by atoms with Crippen LogP contribution >= 0.6 is 11.3 Å². The van der Waals surface area contributed by atoms with Crippen LogP contribution < -0.4 is 9.60 Å². The normalized spacial score (nSPS) is 12.0. The molecule has 0 aliphatic heterocycles. The summed E-state index contributed by atoms with van der Waals surface area (Å²) in [5.74, 6) is 0. The number of anilines is 1. The van der Waals surface area contributed by atoms with Gasteiger partial charge in [0.05, 0.1) is 20.8 Å². The average Bonchev–Trinajstić information content (AvgIpc) is 2.86. The van der Waals surface area contributed by atoms with Crippen molar-refractivity contribution < 1.29 is 8.42 Å². The second-order valence-corrected chi connectivity index (χ2v) is 8.99. The molecule has 3 rings (SSSR count). The zero-order valence-electron chi connectivity index (χ0n) is 14.5. The Labute approximate surface area is 151 Å². The molecule has 0 aliphatic rings. The minimum absolute atomic E-state index is 0.0248. The fraction of sp³-hybridized carbons (Fsp3) is 0.278. The third-order valence-electron chi connectivity index (χ3n) is 4.26. The van der Waals surface area contributed by atoms with Crippen LogP contribution in [0.2, 0.25) is 0 Å². The molecular weight excluding hydrogens is 356 g/mol. The van der Waals surface area contributed by atoms with Gasteiger partial charge in [-0.25, -0.2) is 8.42 Å². The highest BCUT2D eigenvalue weighted by Crippen LogP contribution is 2.26. The van der Waals surface area contributed by atoms with E-state index in [1.807, 2.05) is 39.8 Å². The molecule has 7 heteroatoms. The number of nitrogens with one attached hydrogen (secondary N) is 1. The minimum atomic E-state index is -3.72. The van der Waals surface area contributed by atoms with E-state index in [0.29, 0.717) is 10.4 Å². The maximum absolute atomic E-state index is 12.7. The van der Waals surface area contributed by atoms with Gasteiger partial charge in [0.1, 0.15) is 0 Å². The fourth-order valence-electron chi connectivity index (χ4n) is 2.74. The maximum atomic E-state index is 12.7. The van der Waals surface area contributed by atoms with Gasteiger partial charge in [0, 0.05) is 6.04 Å². The lowest BCUT2D eigenvalue weighted by atomic mass is 10.1. The number of aromatic nitrogens is 1. The number of thiazole rings is 1. The van der Waals surface area contributed by atoms with Crippen LogP contribution in [0, 0.1) is 13.8 Å². The van der Waals surface area contributed by atoms with Gasteiger partial charge in [-0.3, -0.25) is 14.1 Å². The standard InChI is InChI=1S/C18H20N2O3S2/c1-11(2)20-16-9-8-14(10-17(16)24-18(20)21)25(22,23)19-15-7-5-6-12(3)13(15)4/h5-11,19H,1-4H3. The number of sulfonamides is 1. The molecule has 0 fully saturated rings. The second-order valence-electron chi connectivity index (χ2n) is 6.31. The van der Waals surface area contributed by atoms with Crippen LogP contribution in [-0.2, 0) is 10.0 Å². The van der Waals surface area contributed by atoms with E-state index in [1.54, 1.807) is 28.8 Å². The van der Waals surface area contributed by atoms with Gasteiger partial charge >= 0.3 is 4.87 Å². The summed E-state index contributed by atoms with van der Waals surface area (Å²) in [7, 11) is -3.72. The molecule has 0 radical (unpaired) electrons. The van der Waals surface area contributed by atoms with Gasteiger partial charge in [-0.05, 0) is 63.1 Å². The van der Waals surface area contributed by atoms with Crippen molar-refractivity contribution in [2.24, 2.45) is 0 Å². The number of hydrogen-bond acceptors (Lipinski definition) is 4. The molecule has 0 amide bonds. The molecule has 2 aromatic carbocycles. The molecule has 0 atom stereocenters. The quantitative estimate of drug-likeness (QED) is 0.746. The Balaban J connectivity index is 2.06. The van der Waals surface area contributed by atoms with Gasteiger partial charge in [0.25, 0.3) is 10.0 Å². The van der Waals surface area contributed by atoms with Crippen molar-refractivity contribution in [3.8, 4) is 0 Å². The fourth-order valence-corrected chi connectivity index (χ4v) is 5.01. The minimum Gasteiger partial charge on any atom is -0.296 e. The van der Waals surface area contributed by atoms with Crippen molar-refractivity contribution in [2.75, 3.05) is 4.72 Å². The van der Waals surface area contributed by atoms with E-state index in [-0.39, 0.29) is 15.8 Å². The van der Waals surface area contributed by atoms with Gasteiger partial charge in [-0.15, -0.1) is 0 Å². The number of aryl methyl sites for hydroxylation is 1. The largest absolute Gasteiger partial charge is 0.308 e. The first-order valence-corrected chi connectivity index (χ1v) is 10.2. The highest BCUT2D eigenvalue weighted by Gasteiger charge is 2.18. The zero-order valence-corrected chi connectivity index (χ0v) is 16.2. The van der Waals surface area contributed by atoms with Crippen molar-refractivity contribution in [1.29, 1.82) is 0 Å². The molecule has 1 N–H and O–H groups in total. The average molecular weight is 377 g/mol. The van der Waals surface area contributed by atoms with Gasteiger partial charge in [0.2, 0.25) is 0 Å². The Hall–Kier alpha value is -2.12. The van der Waals surface area contributed by atoms with Crippen LogP contribution in [0.15, 0.2) is 46.1 Å².